The van der Waals surface area contributed by atoms with E-state index < -0.39 is 0 Å². The van der Waals surface area contributed by atoms with Crippen LogP contribution in [-0.4, -0.2) is 21.9 Å². The van der Waals surface area contributed by atoms with Gasteiger partial charge in [-0.2, -0.15) is 0 Å². The number of carbonyl (C=O) groups is 1. The third-order valence-electron chi connectivity index (χ3n) is 2.96. The molecule has 4 nitrogen and oxygen atoms in total. The number of hydrogen-bond donors (Lipinski definition) is 0. The fourth-order valence-corrected chi connectivity index (χ4v) is 1.82. The Kier molecular flexibility index (Phi) is 3.55. The van der Waals surface area contributed by atoms with E-state index in [2.05, 4.69) is 31.2 Å². The maximum atomic E-state index is 11.5. The van der Waals surface area contributed by atoms with Crippen molar-refractivity contribution >= 4 is 5.97 Å². The van der Waals surface area contributed by atoms with Crippen LogP contribution in [0.15, 0.2) is 30.5 Å². The van der Waals surface area contributed by atoms with E-state index in [9.17, 15) is 4.79 Å². The molecule has 0 bridgehead atoms. The van der Waals surface area contributed by atoms with E-state index in [1.165, 1.54) is 11.1 Å². The van der Waals surface area contributed by atoms with Crippen LogP contribution in [-0.2, 0) is 18.3 Å². The van der Waals surface area contributed by atoms with E-state index in [1.54, 1.807) is 6.92 Å². The molecular weight excluding hydrogens is 228 g/mol. The van der Waals surface area contributed by atoms with Gasteiger partial charge in [0.2, 0.25) is 0 Å². The molecule has 1 aromatic heterocycles. The van der Waals surface area contributed by atoms with Crippen LogP contribution in [0.25, 0.3) is 0 Å². The number of nitrogens with zero attached hydrogens (tertiary/aromatic N) is 2. The van der Waals surface area contributed by atoms with Crippen molar-refractivity contribution in [3.8, 4) is 0 Å². The fourth-order valence-electron chi connectivity index (χ4n) is 1.82. The maximum absolute atomic E-state index is 11.5. The van der Waals surface area contributed by atoms with Crippen LogP contribution >= 0.6 is 0 Å². The lowest BCUT2D eigenvalue weighted by molar-refractivity contribution is 0.0498. The number of ether oxygens (including phenoxy) is 1. The molecule has 2 rings (SSSR count). The summed E-state index contributed by atoms with van der Waals surface area (Å²) in [7, 11) is 1.86. The number of carbonyl (C=O) groups excluding carboxylic acids is 1. The third kappa shape index (κ3) is 2.47. The van der Waals surface area contributed by atoms with Crippen molar-refractivity contribution in [2.24, 2.45) is 7.05 Å². The molecular formula is C14H18N2O2. The number of esters is 1. The van der Waals surface area contributed by atoms with Crippen LogP contribution in [0.4, 0.5) is 0 Å². The van der Waals surface area contributed by atoms with Gasteiger partial charge in [0.15, 0.2) is 5.69 Å². The molecule has 0 radical (unpaired) electrons. The summed E-state index contributed by atoms with van der Waals surface area (Å²) in [5.74, 6) is -0.264. The van der Waals surface area contributed by atoms with Crippen LogP contribution in [0.1, 0.15) is 28.5 Å². The largest absolute Gasteiger partial charge is 0.461 e. The van der Waals surface area contributed by atoms with Crippen LogP contribution in [0.3, 0.4) is 0 Å². The van der Waals surface area contributed by atoms with Gasteiger partial charge in [0.1, 0.15) is 0 Å². The molecule has 2 aromatic rings. The highest BCUT2D eigenvalue weighted by Gasteiger charge is 2.16. The van der Waals surface area contributed by atoms with Gasteiger partial charge in [-0.3, -0.25) is 9.36 Å². The first-order valence-electron chi connectivity index (χ1n) is 6.06. The average molecular weight is 246 g/mol. The van der Waals surface area contributed by atoms with Gasteiger partial charge < -0.3 is 4.74 Å². The van der Waals surface area contributed by atoms with Crippen LogP contribution < -0.4 is 0 Å². The smallest absolute Gasteiger partial charge is 0.358 e. The van der Waals surface area contributed by atoms with Crippen LogP contribution in [0, 0.1) is 6.92 Å². The number of aromatic nitrogens is 2. The number of rotatable bonds is 4. The summed E-state index contributed by atoms with van der Waals surface area (Å²) in [4.78, 5) is 11.5. The van der Waals surface area contributed by atoms with E-state index in [-0.39, 0.29) is 5.97 Å². The van der Waals surface area contributed by atoms with Crippen molar-refractivity contribution < 1.29 is 9.53 Å². The highest BCUT2D eigenvalue weighted by Crippen LogP contribution is 2.10. The number of benzene rings is 1. The predicted molar refractivity (Wildman–Crippen MR) is 69.6 cm³/mol. The minimum atomic E-state index is -0.264. The van der Waals surface area contributed by atoms with Gasteiger partial charge >= 0.3 is 5.97 Å². The Bertz CT molecular complexity index is 535. The fraction of sp³-hybridized carbons (Fsp3) is 0.357. The molecule has 1 aromatic carbocycles. The van der Waals surface area contributed by atoms with Crippen molar-refractivity contribution in [2.45, 2.75) is 20.4 Å². The first-order valence-corrected chi connectivity index (χ1v) is 6.06. The molecule has 18 heavy (non-hydrogen) atoms. The molecule has 0 unspecified atom stereocenters. The molecule has 0 saturated carbocycles. The second-order valence-electron chi connectivity index (χ2n) is 4.34. The molecule has 96 valence electrons. The standard InChI is InChI=1S/C14H18N2O2/c1-4-18-14(17)13-10-16(15(13)3)9-12-7-5-11(2)6-8-12/h5-8,10H,4,9H2,1-3H3. The van der Waals surface area contributed by atoms with Gasteiger partial charge in [0, 0.05) is 7.05 Å². The first kappa shape index (κ1) is 12.5. The zero-order chi connectivity index (χ0) is 13.1. The first-order chi connectivity index (χ1) is 8.61. The summed E-state index contributed by atoms with van der Waals surface area (Å²) >= 11 is 0. The molecule has 0 aliphatic heterocycles. The number of aryl methyl sites for hydroxylation is 1. The minimum absolute atomic E-state index is 0.264. The number of hydrogen-bond acceptors (Lipinski definition) is 2. The summed E-state index contributed by atoms with van der Waals surface area (Å²) in [6.07, 6.45) is 1.82. The van der Waals surface area contributed by atoms with Gasteiger partial charge in [-0.1, -0.05) is 29.8 Å². The van der Waals surface area contributed by atoms with E-state index in [4.69, 9.17) is 4.74 Å². The van der Waals surface area contributed by atoms with Gasteiger partial charge in [0.25, 0.3) is 0 Å². The average Bonchev–Trinajstić information content (AvgIpc) is 2.36. The lowest BCUT2D eigenvalue weighted by atomic mass is 10.1. The highest BCUT2D eigenvalue weighted by atomic mass is 16.5. The highest BCUT2D eigenvalue weighted by molar-refractivity contribution is 5.87. The summed E-state index contributed by atoms with van der Waals surface area (Å²) in [6, 6.07) is 8.37. The Morgan fingerprint density at radius 1 is 1.28 bits per heavy atom. The second kappa shape index (κ2) is 5.12. The quantitative estimate of drug-likeness (QED) is 0.776. The van der Waals surface area contributed by atoms with Crippen molar-refractivity contribution in [3.05, 3.63) is 47.3 Å². The lowest BCUT2D eigenvalue weighted by Crippen LogP contribution is -2.28. The van der Waals surface area contributed by atoms with Crippen molar-refractivity contribution in [2.75, 3.05) is 6.61 Å². The minimum Gasteiger partial charge on any atom is -0.461 e. The van der Waals surface area contributed by atoms with Crippen LogP contribution in [0.2, 0.25) is 0 Å². The Morgan fingerprint density at radius 2 is 1.94 bits per heavy atom. The predicted octanol–water partition coefficient (Wildman–Crippen LogP) is 2.36. The van der Waals surface area contributed by atoms with Gasteiger partial charge in [0.05, 0.1) is 19.3 Å². The van der Waals surface area contributed by atoms with E-state index >= 15 is 0 Å². The Hall–Kier alpha value is -1.97. The topological polar surface area (TPSA) is 36.2 Å². The molecule has 0 saturated heterocycles. The molecule has 4 heteroatoms. The zero-order valence-corrected chi connectivity index (χ0v) is 11.0. The maximum Gasteiger partial charge on any atom is 0.358 e. The molecule has 0 amide bonds. The molecule has 0 fully saturated rings. The summed E-state index contributed by atoms with van der Waals surface area (Å²) < 4.78 is 8.76. The van der Waals surface area contributed by atoms with Crippen molar-refractivity contribution in [1.29, 1.82) is 0 Å². The van der Waals surface area contributed by atoms with Crippen molar-refractivity contribution in [1.82, 2.24) is 9.36 Å². The summed E-state index contributed by atoms with van der Waals surface area (Å²) in [5.41, 5.74) is 3.06. The van der Waals surface area contributed by atoms with E-state index in [0.29, 0.717) is 12.3 Å². The molecule has 0 aliphatic rings. The molecule has 1 heterocycles. The molecule has 0 N–H and O–H groups in total. The Labute approximate surface area is 107 Å². The SMILES string of the molecule is CCOC(=O)c1cn(Cc2ccc(C)cc2)n1C. The van der Waals surface area contributed by atoms with Crippen LogP contribution in [0.5, 0.6) is 0 Å². The van der Waals surface area contributed by atoms with Crippen molar-refractivity contribution in [3.63, 3.8) is 0 Å². The monoisotopic (exact) mass is 246 g/mol. The summed E-state index contributed by atoms with van der Waals surface area (Å²) in [6.45, 7) is 5.04. The molecule has 0 aliphatic carbocycles. The van der Waals surface area contributed by atoms with E-state index in [1.807, 2.05) is 22.6 Å². The normalized spacial score (nSPS) is 10.6. The van der Waals surface area contributed by atoms with Gasteiger partial charge in [-0.25, -0.2) is 4.79 Å². The van der Waals surface area contributed by atoms with Gasteiger partial charge in [-0.15, -0.1) is 0 Å². The molecule has 0 spiro atoms. The van der Waals surface area contributed by atoms with Gasteiger partial charge in [-0.05, 0) is 19.4 Å². The Balaban J connectivity index is 2.06. The second-order valence-corrected chi connectivity index (χ2v) is 4.34. The molecule has 0 atom stereocenters. The third-order valence-corrected chi connectivity index (χ3v) is 2.96. The zero-order valence-electron chi connectivity index (χ0n) is 11.0. The lowest BCUT2D eigenvalue weighted by Gasteiger charge is -2.22. The Morgan fingerprint density at radius 3 is 2.50 bits per heavy atom. The summed E-state index contributed by atoms with van der Waals surface area (Å²) in [5, 5.41) is 0. The van der Waals surface area contributed by atoms with E-state index in [0.717, 1.165) is 6.54 Å².